The zero-order chi connectivity index (χ0) is 14.9. The maximum atomic E-state index is 13.9. The Bertz CT molecular complexity index is 798. The highest BCUT2D eigenvalue weighted by Crippen LogP contribution is 2.32. The predicted octanol–water partition coefficient (Wildman–Crippen LogP) is 3.21. The Morgan fingerprint density at radius 3 is 2.86 bits per heavy atom. The smallest absolute Gasteiger partial charge is 0.160 e. The molecule has 3 aromatic rings. The van der Waals surface area contributed by atoms with Crippen molar-refractivity contribution in [1.82, 2.24) is 19.5 Å². The molecule has 0 bridgehead atoms. The van der Waals surface area contributed by atoms with Crippen LogP contribution in [0.2, 0.25) is 0 Å². The largest absolute Gasteiger partial charge is 0.289 e. The molecule has 2 aromatic heterocycles. The fourth-order valence-corrected chi connectivity index (χ4v) is 3.24. The zero-order valence-electron chi connectivity index (χ0n) is 12.2. The van der Waals surface area contributed by atoms with E-state index in [0.717, 1.165) is 36.4 Å². The SMILES string of the molecule is Fc1ccccc1CN1CCCC1c1nnc2ccccn12. The number of likely N-dealkylation sites (tertiary alicyclic amines) is 1. The minimum atomic E-state index is -0.140. The maximum absolute atomic E-state index is 13.9. The van der Waals surface area contributed by atoms with Crippen LogP contribution in [0.25, 0.3) is 5.65 Å². The fraction of sp³-hybridized carbons (Fsp3) is 0.294. The predicted molar refractivity (Wildman–Crippen MR) is 81.8 cm³/mol. The summed E-state index contributed by atoms with van der Waals surface area (Å²) in [4.78, 5) is 2.29. The van der Waals surface area contributed by atoms with Crippen LogP contribution in [0, 0.1) is 5.82 Å². The van der Waals surface area contributed by atoms with E-state index < -0.39 is 0 Å². The van der Waals surface area contributed by atoms with E-state index in [0.29, 0.717) is 6.54 Å². The lowest BCUT2D eigenvalue weighted by atomic mass is 10.1. The van der Waals surface area contributed by atoms with Crippen LogP contribution in [0.5, 0.6) is 0 Å². The number of fused-ring (bicyclic) bond motifs is 1. The number of hydrogen-bond donors (Lipinski definition) is 0. The van der Waals surface area contributed by atoms with Crippen LogP contribution in [0.15, 0.2) is 48.7 Å². The van der Waals surface area contributed by atoms with Gasteiger partial charge in [0.15, 0.2) is 11.5 Å². The van der Waals surface area contributed by atoms with Gasteiger partial charge in [-0.2, -0.15) is 0 Å². The molecule has 0 N–H and O–H groups in total. The molecule has 3 heterocycles. The number of pyridine rings is 1. The van der Waals surface area contributed by atoms with Gasteiger partial charge in [-0.3, -0.25) is 9.30 Å². The molecule has 1 saturated heterocycles. The first-order valence-electron chi connectivity index (χ1n) is 7.60. The van der Waals surface area contributed by atoms with Crippen LogP contribution in [0.3, 0.4) is 0 Å². The van der Waals surface area contributed by atoms with Gasteiger partial charge in [-0.1, -0.05) is 24.3 Å². The Morgan fingerprint density at radius 2 is 1.95 bits per heavy atom. The molecule has 1 atom stereocenters. The lowest BCUT2D eigenvalue weighted by molar-refractivity contribution is 0.235. The Hall–Kier alpha value is -2.27. The van der Waals surface area contributed by atoms with E-state index >= 15 is 0 Å². The molecular formula is C17H17FN4. The summed E-state index contributed by atoms with van der Waals surface area (Å²) in [6.07, 6.45) is 4.12. The topological polar surface area (TPSA) is 33.4 Å². The summed E-state index contributed by atoms with van der Waals surface area (Å²) in [6, 6.07) is 13.1. The molecule has 1 aliphatic heterocycles. The van der Waals surface area contributed by atoms with Gasteiger partial charge in [0.05, 0.1) is 6.04 Å². The quantitative estimate of drug-likeness (QED) is 0.744. The first-order valence-corrected chi connectivity index (χ1v) is 7.60. The molecule has 0 aliphatic carbocycles. The average molecular weight is 296 g/mol. The number of halogens is 1. The number of aromatic nitrogens is 3. The van der Waals surface area contributed by atoms with Gasteiger partial charge in [-0.05, 0) is 37.6 Å². The van der Waals surface area contributed by atoms with Crippen molar-refractivity contribution in [1.29, 1.82) is 0 Å². The first-order chi connectivity index (χ1) is 10.8. The van der Waals surface area contributed by atoms with Crippen molar-refractivity contribution in [3.05, 3.63) is 65.9 Å². The van der Waals surface area contributed by atoms with E-state index in [2.05, 4.69) is 15.1 Å². The van der Waals surface area contributed by atoms with Crippen LogP contribution < -0.4 is 0 Å². The van der Waals surface area contributed by atoms with Crippen LogP contribution in [0.4, 0.5) is 4.39 Å². The van der Waals surface area contributed by atoms with Crippen molar-refractivity contribution < 1.29 is 4.39 Å². The molecule has 112 valence electrons. The van der Waals surface area contributed by atoms with Crippen molar-refractivity contribution >= 4 is 5.65 Å². The Morgan fingerprint density at radius 1 is 1.09 bits per heavy atom. The van der Waals surface area contributed by atoms with Gasteiger partial charge in [-0.15, -0.1) is 10.2 Å². The second-order valence-electron chi connectivity index (χ2n) is 5.71. The third-order valence-electron chi connectivity index (χ3n) is 4.33. The molecule has 1 unspecified atom stereocenters. The Balaban J connectivity index is 1.65. The highest BCUT2D eigenvalue weighted by molar-refractivity contribution is 5.37. The average Bonchev–Trinajstić information content (AvgIpc) is 3.16. The third-order valence-corrected chi connectivity index (χ3v) is 4.33. The van der Waals surface area contributed by atoms with Gasteiger partial charge < -0.3 is 0 Å². The lowest BCUT2D eigenvalue weighted by Gasteiger charge is -2.23. The fourth-order valence-electron chi connectivity index (χ4n) is 3.24. The summed E-state index contributed by atoms with van der Waals surface area (Å²) in [6.45, 7) is 1.57. The van der Waals surface area contributed by atoms with Gasteiger partial charge >= 0.3 is 0 Å². The summed E-state index contributed by atoms with van der Waals surface area (Å²) < 4.78 is 15.9. The van der Waals surface area contributed by atoms with Gasteiger partial charge in [0, 0.05) is 18.3 Å². The van der Waals surface area contributed by atoms with Crippen LogP contribution in [-0.4, -0.2) is 26.0 Å². The maximum Gasteiger partial charge on any atom is 0.160 e. The summed E-state index contributed by atoms with van der Waals surface area (Å²) in [5.74, 6) is 0.809. The van der Waals surface area contributed by atoms with E-state index in [1.165, 1.54) is 6.07 Å². The molecule has 4 rings (SSSR count). The monoisotopic (exact) mass is 296 g/mol. The van der Waals surface area contributed by atoms with Crippen LogP contribution >= 0.6 is 0 Å². The summed E-state index contributed by atoms with van der Waals surface area (Å²) >= 11 is 0. The molecule has 0 radical (unpaired) electrons. The molecular weight excluding hydrogens is 279 g/mol. The van der Waals surface area contributed by atoms with E-state index in [1.54, 1.807) is 6.07 Å². The Labute approximate surface area is 128 Å². The van der Waals surface area contributed by atoms with E-state index in [-0.39, 0.29) is 11.9 Å². The first kappa shape index (κ1) is 13.4. The van der Waals surface area contributed by atoms with E-state index in [4.69, 9.17) is 0 Å². The minimum Gasteiger partial charge on any atom is -0.289 e. The van der Waals surface area contributed by atoms with Gasteiger partial charge in [0.1, 0.15) is 5.82 Å². The number of nitrogens with zero attached hydrogens (tertiary/aromatic N) is 4. The van der Waals surface area contributed by atoms with Crippen molar-refractivity contribution in [2.24, 2.45) is 0 Å². The minimum absolute atomic E-state index is 0.140. The van der Waals surface area contributed by atoms with Crippen molar-refractivity contribution in [2.75, 3.05) is 6.54 Å². The second-order valence-corrected chi connectivity index (χ2v) is 5.71. The van der Waals surface area contributed by atoms with Gasteiger partial charge in [0.25, 0.3) is 0 Å². The highest BCUT2D eigenvalue weighted by Gasteiger charge is 2.30. The molecule has 0 saturated carbocycles. The van der Waals surface area contributed by atoms with Crippen LogP contribution in [-0.2, 0) is 6.54 Å². The van der Waals surface area contributed by atoms with Gasteiger partial charge in [-0.25, -0.2) is 4.39 Å². The molecule has 5 heteroatoms. The number of benzene rings is 1. The zero-order valence-corrected chi connectivity index (χ0v) is 12.2. The summed E-state index contributed by atoms with van der Waals surface area (Å²) in [5.41, 5.74) is 1.60. The van der Waals surface area contributed by atoms with E-state index in [1.807, 2.05) is 40.9 Å². The summed E-state index contributed by atoms with van der Waals surface area (Å²) in [7, 11) is 0. The Kier molecular flexibility index (Phi) is 3.35. The van der Waals surface area contributed by atoms with Crippen molar-refractivity contribution in [3.63, 3.8) is 0 Å². The standard InChI is InChI=1S/C17H17FN4/c18-14-7-2-1-6-13(14)12-21-10-5-8-15(21)17-20-19-16-9-3-4-11-22(16)17/h1-4,6-7,9,11,15H,5,8,10,12H2. The van der Waals surface area contributed by atoms with Crippen molar-refractivity contribution in [3.8, 4) is 0 Å². The third kappa shape index (κ3) is 2.27. The van der Waals surface area contributed by atoms with Crippen molar-refractivity contribution in [2.45, 2.75) is 25.4 Å². The molecule has 22 heavy (non-hydrogen) atoms. The molecule has 0 amide bonds. The second kappa shape index (κ2) is 5.50. The molecule has 1 aliphatic rings. The number of hydrogen-bond acceptors (Lipinski definition) is 3. The molecule has 4 nitrogen and oxygen atoms in total. The van der Waals surface area contributed by atoms with E-state index in [9.17, 15) is 4.39 Å². The molecule has 1 fully saturated rings. The normalized spacial score (nSPS) is 19.0. The summed E-state index contributed by atoms with van der Waals surface area (Å²) in [5, 5.41) is 8.60. The van der Waals surface area contributed by atoms with Crippen LogP contribution in [0.1, 0.15) is 30.3 Å². The lowest BCUT2D eigenvalue weighted by Crippen LogP contribution is -2.24. The van der Waals surface area contributed by atoms with Gasteiger partial charge in [0.2, 0.25) is 0 Å². The number of rotatable bonds is 3. The molecule has 1 aromatic carbocycles. The highest BCUT2D eigenvalue weighted by atomic mass is 19.1. The molecule has 0 spiro atoms.